The number of aryl methyl sites for hydroxylation is 1. The van der Waals surface area contributed by atoms with Gasteiger partial charge in [-0.2, -0.15) is 0 Å². The summed E-state index contributed by atoms with van der Waals surface area (Å²) < 4.78 is 5.94. The van der Waals surface area contributed by atoms with Crippen LogP contribution in [0.4, 0.5) is 5.69 Å². The molecular weight excluding hydrogens is 430 g/mol. The molecule has 0 spiro atoms. The largest absolute Gasteiger partial charge is 0.456 e. The van der Waals surface area contributed by atoms with E-state index in [9.17, 15) is 9.59 Å². The summed E-state index contributed by atoms with van der Waals surface area (Å²) in [5, 5.41) is 5.32. The normalized spacial score (nSPS) is 10.4. The lowest BCUT2D eigenvalue weighted by Gasteiger charge is -2.06. The molecule has 6 nitrogen and oxygen atoms in total. The van der Waals surface area contributed by atoms with E-state index in [4.69, 9.17) is 4.74 Å². The summed E-state index contributed by atoms with van der Waals surface area (Å²) >= 11 is 4.62. The van der Waals surface area contributed by atoms with Crippen molar-refractivity contribution >= 4 is 44.8 Å². The van der Waals surface area contributed by atoms with Crippen LogP contribution in [0, 0.1) is 6.92 Å². The van der Waals surface area contributed by atoms with E-state index in [0.29, 0.717) is 20.7 Å². The number of amides is 1. The van der Waals surface area contributed by atoms with Crippen LogP contribution >= 0.6 is 27.3 Å². The molecular formula is C19H16BrN3O3S. The van der Waals surface area contributed by atoms with Crippen LogP contribution in [0.3, 0.4) is 0 Å². The van der Waals surface area contributed by atoms with E-state index in [-0.39, 0.29) is 18.9 Å². The van der Waals surface area contributed by atoms with Gasteiger partial charge in [0.05, 0.1) is 17.7 Å². The Morgan fingerprint density at radius 3 is 2.85 bits per heavy atom. The minimum absolute atomic E-state index is 0.0429. The molecule has 1 N–H and O–H groups in total. The Balaban J connectivity index is 1.53. The third-order valence-electron chi connectivity index (χ3n) is 3.62. The fourth-order valence-electron chi connectivity index (χ4n) is 2.29. The number of ether oxygens (including phenoxy) is 1. The number of para-hydroxylation sites is 1. The van der Waals surface area contributed by atoms with Crippen molar-refractivity contribution in [3.8, 4) is 0 Å². The lowest BCUT2D eigenvalue weighted by atomic mass is 10.2. The first kappa shape index (κ1) is 19.2. The molecule has 2 aromatic heterocycles. The topological polar surface area (TPSA) is 81.2 Å². The van der Waals surface area contributed by atoms with Gasteiger partial charge in [-0.3, -0.25) is 9.78 Å². The molecule has 0 radical (unpaired) electrons. The van der Waals surface area contributed by atoms with Gasteiger partial charge < -0.3 is 10.1 Å². The van der Waals surface area contributed by atoms with E-state index < -0.39 is 5.97 Å². The van der Waals surface area contributed by atoms with Crippen LogP contribution < -0.4 is 5.32 Å². The molecule has 3 aromatic rings. The highest BCUT2D eigenvalue weighted by atomic mass is 79.9. The summed E-state index contributed by atoms with van der Waals surface area (Å²) in [6.07, 6.45) is 3.20. The molecule has 138 valence electrons. The van der Waals surface area contributed by atoms with Gasteiger partial charge in [-0.15, -0.1) is 11.3 Å². The minimum Gasteiger partial charge on any atom is -0.456 e. The Bertz CT molecular complexity index is 974. The van der Waals surface area contributed by atoms with Crippen LogP contribution in [-0.2, 0) is 22.6 Å². The number of nitrogens with zero attached hydrogens (tertiary/aromatic N) is 2. The van der Waals surface area contributed by atoms with Crippen LogP contribution in [0.25, 0.3) is 0 Å². The average molecular weight is 446 g/mol. The number of pyridine rings is 1. The highest BCUT2D eigenvalue weighted by Crippen LogP contribution is 2.16. The molecule has 1 amide bonds. The summed E-state index contributed by atoms with van der Waals surface area (Å²) in [5.74, 6) is -0.613. The standard InChI is InChI=1S/C19H16BrN3O3S/c1-12-4-2-3-5-16(12)23-17(24)7-18-22-15(11-27-18)10-26-19(25)13-6-14(20)9-21-8-13/h2-6,8-9,11H,7,10H2,1H3,(H,23,24). The Kier molecular flexibility index (Phi) is 6.31. The number of carbonyl (C=O) groups is 2. The molecule has 0 unspecified atom stereocenters. The smallest absolute Gasteiger partial charge is 0.340 e. The van der Waals surface area contributed by atoms with Gasteiger partial charge in [0.15, 0.2) is 0 Å². The van der Waals surface area contributed by atoms with Crippen LogP contribution in [-0.4, -0.2) is 21.8 Å². The molecule has 0 bridgehead atoms. The Labute approximate surface area is 168 Å². The number of hydrogen-bond donors (Lipinski definition) is 1. The monoisotopic (exact) mass is 445 g/mol. The maximum atomic E-state index is 12.2. The molecule has 0 aliphatic rings. The third-order valence-corrected chi connectivity index (χ3v) is 4.95. The summed E-state index contributed by atoms with van der Waals surface area (Å²) in [6.45, 7) is 1.98. The number of carbonyl (C=O) groups excluding carboxylic acids is 2. The zero-order chi connectivity index (χ0) is 19.2. The molecule has 0 atom stereocenters. The van der Waals surface area contributed by atoms with E-state index in [0.717, 1.165) is 11.3 Å². The molecule has 3 rings (SSSR count). The summed E-state index contributed by atoms with van der Waals surface area (Å²) in [6, 6.07) is 9.23. The number of benzene rings is 1. The van der Waals surface area contributed by atoms with E-state index in [2.05, 4.69) is 31.2 Å². The van der Waals surface area contributed by atoms with Crippen LogP contribution in [0.5, 0.6) is 0 Å². The fraction of sp³-hybridized carbons (Fsp3) is 0.158. The van der Waals surface area contributed by atoms with Crippen molar-refractivity contribution in [2.45, 2.75) is 20.0 Å². The Morgan fingerprint density at radius 1 is 1.26 bits per heavy atom. The molecule has 0 aliphatic heterocycles. The second-order valence-electron chi connectivity index (χ2n) is 5.74. The zero-order valence-corrected chi connectivity index (χ0v) is 16.8. The maximum Gasteiger partial charge on any atom is 0.340 e. The van der Waals surface area contributed by atoms with Gasteiger partial charge >= 0.3 is 5.97 Å². The first-order valence-corrected chi connectivity index (χ1v) is 9.75. The second-order valence-corrected chi connectivity index (χ2v) is 7.60. The van der Waals surface area contributed by atoms with Gasteiger partial charge in [0.2, 0.25) is 5.91 Å². The number of aromatic nitrogens is 2. The number of halogens is 1. The predicted molar refractivity (Wildman–Crippen MR) is 107 cm³/mol. The molecule has 0 fully saturated rings. The van der Waals surface area contributed by atoms with Crippen molar-refractivity contribution in [2.75, 3.05) is 5.32 Å². The molecule has 0 saturated carbocycles. The van der Waals surface area contributed by atoms with Gasteiger partial charge in [0.25, 0.3) is 0 Å². The number of anilines is 1. The quantitative estimate of drug-likeness (QED) is 0.576. The Hall–Kier alpha value is -2.58. The summed E-state index contributed by atoms with van der Waals surface area (Å²) in [5.41, 5.74) is 2.75. The Morgan fingerprint density at radius 2 is 2.07 bits per heavy atom. The predicted octanol–water partition coefficient (Wildman–Crippen LogP) is 4.15. The molecule has 0 saturated heterocycles. The van der Waals surface area contributed by atoms with Gasteiger partial charge in [0, 0.05) is 27.9 Å². The van der Waals surface area contributed by atoms with Crippen molar-refractivity contribution in [1.82, 2.24) is 9.97 Å². The van der Waals surface area contributed by atoms with E-state index in [1.807, 2.05) is 31.2 Å². The second kappa shape index (κ2) is 8.88. The molecule has 2 heterocycles. The van der Waals surface area contributed by atoms with Crippen molar-refractivity contribution in [3.05, 3.63) is 74.4 Å². The molecule has 27 heavy (non-hydrogen) atoms. The van der Waals surface area contributed by atoms with E-state index in [1.54, 1.807) is 17.6 Å². The summed E-state index contributed by atoms with van der Waals surface area (Å²) in [7, 11) is 0. The molecule has 8 heteroatoms. The first-order valence-electron chi connectivity index (χ1n) is 8.07. The number of nitrogens with one attached hydrogen (secondary N) is 1. The lowest BCUT2D eigenvalue weighted by Crippen LogP contribution is -2.15. The fourth-order valence-corrected chi connectivity index (χ4v) is 3.43. The third kappa shape index (κ3) is 5.45. The maximum absolute atomic E-state index is 12.2. The number of thiazole rings is 1. The van der Waals surface area contributed by atoms with Crippen molar-refractivity contribution in [3.63, 3.8) is 0 Å². The van der Waals surface area contributed by atoms with Gasteiger partial charge in [-0.05, 0) is 40.5 Å². The van der Waals surface area contributed by atoms with E-state index in [1.165, 1.54) is 17.5 Å². The van der Waals surface area contributed by atoms with Gasteiger partial charge in [-0.1, -0.05) is 18.2 Å². The molecule has 1 aromatic carbocycles. The highest BCUT2D eigenvalue weighted by Gasteiger charge is 2.12. The number of rotatable bonds is 6. The van der Waals surface area contributed by atoms with Crippen LogP contribution in [0.15, 0.2) is 52.6 Å². The van der Waals surface area contributed by atoms with E-state index >= 15 is 0 Å². The zero-order valence-electron chi connectivity index (χ0n) is 14.4. The average Bonchev–Trinajstić information content (AvgIpc) is 3.09. The first-order chi connectivity index (χ1) is 13.0. The molecule has 0 aliphatic carbocycles. The summed E-state index contributed by atoms with van der Waals surface area (Å²) in [4.78, 5) is 32.5. The van der Waals surface area contributed by atoms with Crippen LogP contribution in [0.1, 0.15) is 26.6 Å². The van der Waals surface area contributed by atoms with Gasteiger partial charge in [0.1, 0.15) is 11.6 Å². The SMILES string of the molecule is Cc1ccccc1NC(=O)Cc1nc(COC(=O)c2cncc(Br)c2)cs1. The van der Waals surface area contributed by atoms with Crippen molar-refractivity contribution < 1.29 is 14.3 Å². The van der Waals surface area contributed by atoms with Crippen LogP contribution in [0.2, 0.25) is 0 Å². The highest BCUT2D eigenvalue weighted by molar-refractivity contribution is 9.10. The number of esters is 1. The number of hydrogen-bond acceptors (Lipinski definition) is 6. The van der Waals surface area contributed by atoms with Crippen molar-refractivity contribution in [2.24, 2.45) is 0 Å². The minimum atomic E-state index is -0.476. The lowest BCUT2D eigenvalue weighted by molar-refractivity contribution is -0.115. The van der Waals surface area contributed by atoms with Crippen molar-refractivity contribution in [1.29, 1.82) is 0 Å². The van der Waals surface area contributed by atoms with Gasteiger partial charge in [-0.25, -0.2) is 9.78 Å².